The molecule has 7 nitrogen and oxygen atoms in total. The van der Waals surface area contributed by atoms with Gasteiger partial charge in [0, 0.05) is 6.07 Å². The number of hydrogen-bond donors (Lipinski definition) is 2. The van der Waals surface area contributed by atoms with Crippen molar-refractivity contribution in [1.29, 1.82) is 0 Å². The second kappa shape index (κ2) is 4.82. The molecule has 0 aliphatic heterocycles. The zero-order valence-electron chi connectivity index (χ0n) is 9.08. The summed E-state index contributed by atoms with van der Waals surface area (Å²) in [6.45, 7) is 0. The van der Waals surface area contributed by atoms with E-state index in [0.717, 1.165) is 6.07 Å². The molecule has 0 saturated heterocycles. The molecule has 0 fully saturated rings. The predicted molar refractivity (Wildman–Crippen MR) is 59.3 cm³/mol. The van der Waals surface area contributed by atoms with Gasteiger partial charge in [-0.2, -0.15) is 8.42 Å². The summed E-state index contributed by atoms with van der Waals surface area (Å²) in [7, 11) is -4.73. The van der Waals surface area contributed by atoms with E-state index in [1.165, 1.54) is 12.3 Å². The smallest absolute Gasteiger partial charge is 0.296 e. The molecule has 1 aromatic carbocycles. The van der Waals surface area contributed by atoms with Crippen molar-refractivity contribution in [1.82, 2.24) is 15.4 Å². The van der Waals surface area contributed by atoms with Gasteiger partial charge in [0.2, 0.25) is 0 Å². The van der Waals surface area contributed by atoms with Crippen LogP contribution in [0.5, 0.6) is 0 Å². The molecule has 0 bridgehead atoms. The van der Waals surface area contributed by atoms with Crippen LogP contribution in [0.2, 0.25) is 0 Å². The minimum absolute atomic E-state index is 0.0654. The molecule has 0 saturated carbocycles. The summed E-state index contributed by atoms with van der Waals surface area (Å²) in [4.78, 5) is -0.815. The zero-order chi connectivity index (χ0) is 14.0. The lowest BCUT2D eigenvalue weighted by atomic mass is 10.3. The van der Waals surface area contributed by atoms with Crippen LogP contribution in [-0.2, 0) is 10.1 Å². The van der Waals surface area contributed by atoms with Crippen molar-refractivity contribution in [3.63, 3.8) is 0 Å². The Morgan fingerprint density at radius 2 is 1.95 bits per heavy atom. The molecule has 2 aromatic rings. The van der Waals surface area contributed by atoms with Gasteiger partial charge in [0.15, 0.2) is 17.5 Å². The van der Waals surface area contributed by atoms with Crippen LogP contribution in [0.3, 0.4) is 0 Å². The van der Waals surface area contributed by atoms with Crippen LogP contribution in [0.4, 0.5) is 20.3 Å². The lowest BCUT2D eigenvalue weighted by molar-refractivity contribution is 0.478. The van der Waals surface area contributed by atoms with E-state index >= 15 is 0 Å². The van der Waals surface area contributed by atoms with Gasteiger partial charge in [-0.3, -0.25) is 4.55 Å². The molecule has 19 heavy (non-hydrogen) atoms. The number of rotatable bonds is 3. The van der Waals surface area contributed by atoms with Gasteiger partial charge in [0.25, 0.3) is 10.1 Å². The summed E-state index contributed by atoms with van der Waals surface area (Å²) in [5, 5.41) is 12.2. The fourth-order valence-electron chi connectivity index (χ4n) is 1.30. The average Bonchev–Trinajstić information content (AvgIpc) is 2.35. The number of nitrogens with zero attached hydrogens (tertiary/aromatic N) is 3. The summed E-state index contributed by atoms with van der Waals surface area (Å²) in [6.07, 6.45) is 1.21. The van der Waals surface area contributed by atoms with Crippen molar-refractivity contribution < 1.29 is 21.8 Å². The Morgan fingerprint density at radius 3 is 2.53 bits per heavy atom. The molecule has 0 radical (unpaired) electrons. The predicted octanol–water partition coefficient (Wildman–Crippen LogP) is 1.14. The number of nitrogens with one attached hydrogen (secondary N) is 1. The van der Waals surface area contributed by atoms with Crippen LogP contribution in [0.25, 0.3) is 0 Å². The minimum Gasteiger partial charge on any atom is -0.335 e. The summed E-state index contributed by atoms with van der Waals surface area (Å²) >= 11 is 0. The number of hydrogen-bond acceptors (Lipinski definition) is 6. The third kappa shape index (κ3) is 2.80. The van der Waals surface area contributed by atoms with Crippen LogP contribution < -0.4 is 5.32 Å². The highest BCUT2D eigenvalue weighted by molar-refractivity contribution is 7.86. The molecule has 10 heteroatoms. The maximum absolute atomic E-state index is 13.6. The second-order valence-electron chi connectivity index (χ2n) is 3.34. The first kappa shape index (κ1) is 13.2. The van der Waals surface area contributed by atoms with Gasteiger partial charge >= 0.3 is 0 Å². The van der Waals surface area contributed by atoms with Crippen molar-refractivity contribution in [2.45, 2.75) is 4.90 Å². The van der Waals surface area contributed by atoms with E-state index in [0.29, 0.717) is 6.07 Å². The Morgan fingerprint density at radius 1 is 1.21 bits per heavy atom. The van der Waals surface area contributed by atoms with Crippen LogP contribution in [-0.4, -0.2) is 28.4 Å². The lowest BCUT2D eigenvalue weighted by Crippen LogP contribution is -2.08. The molecular formula is C9H6F2N4O3S. The van der Waals surface area contributed by atoms with Gasteiger partial charge in [-0.1, -0.05) is 0 Å². The second-order valence-corrected chi connectivity index (χ2v) is 4.73. The largest absolute Gasteiger partial charge is 0.335 e. The van der Waals surface area contributed by atoms with E-state index in [9.17, 15) is 17.2 Å². The third-order valence-electron chi connectivity index (χ3n) is 2.09. The van der Waals surface area contributed by atoms with Gasteiger partial charge in [0.1, 0.15) is 10.6 Å². The van der Waals surface area contributed by atoms with E-state index < -0.39 is 32.3 Å². The standard InChI is InChI=1S/C9H6F2N4O3S/c10-5-1-2-6(19(16,17)18)9(8(5)11)13-7-3-4-12-15-14-7/h1-4H,(H,12,13,14)(H,16,17,18). The highest BCUT2D eigenvalue weighted by atomic mass is 32.2. The van der Waals surface area contributed by atoms with Gasteiger partial charge in [-0.15, -0.1) is 10.2 Å². The van der Waals surface area contributed by atoms with Crippen molar-refractivity contribution in [2.24, 2.45) is 0 Å². The van der Waals surface area contributed by atoms with Gasteiger partial charge in [-0.25, -0.2) is 8.78 Å². The molecule has 0 amide bonds. The Bertz CT molecular complexity index is 709. The number of aromatic nitrogens is 3. The van der Waals surface area contributed by atoms with E-state index in [-0.39, 0.29) is 5.82 Å². The summed E-state index contributed by atoms with van der Waals surface area (Å²) in [5.74, 6) is -2.81. The van der Waals surface area contributed by atoms with E-state index in [4.69, 9.17) is 4.55 Å². The van der Waals surface area contributed by atoms with Gasteiger partial charge < -0.3 is 5.32 Å². The highest BCUT2D eigenvalue weighted by Crippen LogP contribution is 2.28. The first-order valence-corrected chi connectivity index (χ1v) is 6.20. The molecule has 0 aliphatic rings. The summed E-state index contributed by atoms with van der Waals surface area (Å²) in [6, 6.07) is 2.57. The van der Waals surface area contributed by atoms with Crippen molar-refractivity contribution in [3.8, 4) is 0 Å². The van der Waals surface area contributed by atoms with E-state index in [1.54, 1.807) is 0 Å². The monoisotopic (exact) mass is 288 g/mol. The van der Waals surface area contributed by atoms with Crippen LogP contribution in [0.15, 0.2) is 29.3 Å². The van der Waals surface area contributed by atoms with E-state index in [1.807, 2.05) is 0 Å². The van der Waals surface area contributed by atoms with Crippen LogP contribution in [0, 0.1) is 11.6 Å². The fraction of sp³-hybridized carbons (Fsp3) is 0. The topological polar surface area (TPSA) is 105 Å². The van der Waals surface area contributed by atoms with E-state index in [2.05, 4.69) is 20.7 Å². The normalized spacial score (nSPS) is 11.3. The first-order chi connectivity index (χ1) is 8.89. The molecule has 0 atom stereocenters. The van der Waals surface area contributed by atoms with Crippen molar-refractivity contribution in [3.05, 3.63) is 36.0 Å². The molecule has 2 rings (SSSR count). The van der Waals surface area contributed by atoms with Gasteiger partial charge in [0.05, 0.1) is 6.20 Å². The Labute approximate surface area is 106 Å². The maximum Gasteiger partial charge on any atom is 0.296 e. The molecule has 2 N–H and O–H groups in total. The molecule has 100 valence electrons. The number of halogens is 2. The van der Waals surface area contributed by atoms with Crippen molar-refractivity contribution in [2.75, 3.05) is 5.32 Å². The number of anilines is 2. The van der Waals surface area contributed by atoms with Crippen LogP contribution in [0.1, 0.15) is 0 Å². The minimum atomic E-state index is -4.73. The third-order valence-corrected chi connectivity index (χ3v) is 2.99. The molecule has 0 spiro atoms. The SMILES string of the molecule is O=S(=O)(O)c1ccc(F)c(F)c1Nc1ccnnn1. The molecule has 0 aliphatic carbocycles. The Hall–Kier alpha value is -2.20. The fourth-order valence-corrected chi connectivity index (χ4v) is 1.94. The van der Waals surface area contributed by atoms with Crippen LogP contribution >= 0.6 is 0 Å². The lowest BCUT2D eigenvalue weighted by Gasteiger charge is -2.10. The maximum atomic E-state index is 13.6. The quantitative estimate of drug-likeness (QED) is 0.816. The Kier molecular flexibility index (Phi) is 3.36. The first-order valence-electron chi connectivity index (χ1n) is 4.76. The molecule has 1 heterocycles. The molecule has 1 aromatic heterocycles. The molecular weight excluding hydrogens is 282 g/mol. The zero-order valence-corrected chi connectivity index (χ0v) is 9.90. The summed E-state index contributed by atoms with van der Waals surface area (Å²) in [5.41, 5.74) is -0.761. The summed E-state index contributed by atoms with van der Waals surface area (Å²) < 4.78 is 57.8. The highest BCUT2D eigenvalue weighted by Gasteiger charge is 2.22. The van der Waals surface area contributed by atoms with Gasteiger partial charge in [-0.05, 0) is 17.3 Å². The Balaban J connectivity index is 2.58. The molecule has 0 unspecified atom stereocenters. The average molecular weight is 288 g/mol. The van der Waals surface area contributed by atoms with Crippen molar-refractivity contribution >= 4 is 21.6 Å². The number of benzene rings is 1.